The molecule has 0 heterocycles. The summed E-state index contributed by atoms with van der Waals surface area (Å²) in [5, 5.41) is 8.02. The lowest BCUT2D eigenvalue weighted by Gasteiger charge is -2.20. The third-order valence-corrected chi connectivity index (χ3v) is 5.96. The fourth-order valence-electron chi connectivity index (χ4n) is 2.70. The first kappa shape index (κ1) is 21.6. The van der Waals surface area contributed by atoms with E-state index in [1.165, 1.54) is 18.2 Å². The Morgan fingerprint density at radius 3 is 2.33 bits per heavy atom. The molecule has 0 aliphatic carbocycles. The van der Waals surface area contributed by atoms with Crippen LogP contribution < -0.4 is 10.5 Å². The first-order valence-electron chi connectivity index (χ1n) is 8.66. The van der Waals surface area contributed by atoms with E-state index in [9.17, 15) is 13.2 Å². The van der Waals surface area contributed by atoms with Crippen LogP contribution in [0.5, 0.6) is 0 Å². The summed E-state index contributed by atoms with van der Waals surface area (Å²) in [4.78, 5) is 14.8. The minimum Gasteiger partial charge on any atom is -0.348 e. The Morgan fingerprint density at radius 2 is 1.74 bits per heavy atom. The zero-order chi connectivity index (χ0) is 20.0. The molecule has 0 aliphatic heterocycles. The van der Waals surface area contributed by atoms with Crippen molar-refractivity contribution in [3.8, 4) is 0 Å². The molecule has 0 aromatic heterocycles. The van der Waals surface area contributed by atoms with Crippen LogP contribution in [0.1, 0.15) is 35.3 Å². The van der Waals surface area contributed by atoms with Crippen LogP contribution >= 0.6 is 15.9 Å². The minimum absolute atomic E-state index is 0.0993. The number of carbonyl (C=O) groups excluding carboxylic acids is 1. The molecule has 3 N–H and O–H groups in total. The third kappa shape index (κ3) is 5.87. The normalized spacial score (nSPS) is 11.6. The van der Waals surface area contributed by atoms with E-state index in [4.69, 9.17) is 5.14 Å². The van der Waals surface area contributed by atoms with E-state index in [0.717, 1.165) is 30.8 Å². The Kier molecular flexibility index (Phi) is 7.55. The van der Waals surface area contributed by atoms with Gasteiger partial charge in [-0.15, -0.1) is 0 Å². The molecular weight excluding hydrogens is 430 g/mol. The largest absolute Gasteiger partial charge is 0.348 e. The van der Waals surface area contributed by atoms with Crippen LogP contribution in [0.4, 0.5) is 0 Å². The monoisotopic (exact) mass is 453 g/mol. The van der Waals surface area contributed by atoms with Crippen molar-refractivity contribution < 1.29 is 13.2 Å². The van der Waals surface area contributed by atoms with E-state index in [1.807, 2.05) is 18.2 Å². The molecule has 6 nitrogen and oxygen atoms in total. The van der Waals surface area contributed by atoms with Gasteiger partial charge in [0.25, 0.3) is 5.91 Å². The fourth-order valence-corrected chi connectivity index (χ4v) is 3.66. The van der Waals surface area contributed by atoms with Gasteiger partial charge in [-0.25, -0.2) is 13.6 Å². The summed E-state index contributed by atoms with van der Waals surface area (Å²) in [6.45, 7) is 7.29. The first-order valence-corrected chi connectivity index (χ1v) is 11.0. The molecule has 0 bridgehead atoms. The molecule has 8 heteroatoms. The first-order chi connectivity index (χ1) is 12.8. The highest BCUT2D eigenvalue weighted by atomic mass is 79.9. The molecule has 0 radical (unpaired) electrons. The number of hydrogen-bond acceptors (Lipinski definition) is 4. The standard InChI is InChI=1S/C19H24BrN3O3S/c1-3-23(4-2)13-15-8-6-5-7-14(15)12-22-19(24)17-11-16(27(21,25)26)9-10-18(17)20/h5-11H,3-4,12-13H2,1-2H3,(H,22,24)(H2,21,25,26). The summed E-state index contributed by atoms with van der Waals surface area (Å²) in [5.41, 5.74) is 2.40. The quantitative estimate of drug-likeness (QED) is 0.642. The molecule has 2 aromatic carbocycles. The fraction of sp³-hybridized carbons (Fsp3) is 0.316. The predicted molar refractivity (Wildman–Crippen MR) is 110 cm³/mol. The van der Waals surface area contributed by atoms with Crippen LogP contribution in [0, 0.1) is 0 Å². The number of nitrogens with two attached hydrogens (primary N) is 1. The minimum atomic E-state index is -3.88. The van der Waals surface area contributed by atoms with Gasteiger partial charge in [0.2, 0.25) is 10.0 Å². The van der Waals surface area contributed by atoms with Crippen LogP contribution in [0.3, 0.4) is 0 Å². The summed E-state index contributed by atoms with van der Waals surface area (Å²) in [7, 11) is -3.88. The van der Waals surface area contributed by atoms with Gasteiger partial charge in [-0.05, 0) is 58.3 Å². The molecule has 0 saturated carbocycles. The second-order valence-electron chi connectivity index (χ2n) is 6.10. The van der Waals surface area contributed by atoms with E-state index in [0.29, 0.717) is 11.0 Å². The number of nitrogens with zero attached hydrogens (tertiary/aromatic N) is 1. The molecule has 146 valence electrons. The van der Waals surface area contributed by atoms with Crippen LogP contribution in [0.2, 0.25) is 0 Å². The number of hydrogen-bond donors (Lipinski definition) is 2. The molecule has 1 amide bonds. The number of primary sulfonamides is 1. The Labute approximate surface area is 168 Å². The highest BCUT2D eigenvalue weighted by molar-refractivity contribution is 9.10. The van der Waals surface area contributed by atoms with Gasteiger partial charge >= 0.3 is 0 Å². The van der Waals surface area contributed by atoms with Crippen LogP contribution in [0.15, 0.2) is 51.8 Å². The Bertz CT molecular complexity index is 912. The van der Waals surface area contributed by atoms with Crippen molar-refractivity contribution in [1.29, 1.82) is 0 Å². The number of halogens is 1. The summed E-state index contributed by atoms with van der Waals surface area (Å²) in [5.74, 6) is -0.370. The summed E-state index contributed by atoms with van der Waals surface area (Å²) in [6.07, 6.45) is 0. The zero-order valence-corrected chi connectivity index (χ0v) is 17.8. The number of benzene rings is 2. The van der Waals surface area contributed by atoms with Crippen molar-refractivity contribution >= 4 is 31.9 Å². The van der Waals surface area contributed by atoms with Gasteiger partial charge in [0.15, 0.2) is 0 Å². The lowest BCUT2D eigenvalue weighted by atomic mass is 10.1. The molecule has 0 atom stereocenters. The van der Waals surface area contributed by atoms with E-state index in [1.54, 1.807) is 0 Å². The van der Waals surface area contributed by atoms with Crippen molar-refractivity contribution in [2.75, 3.05) is 13.1 Å². The maximum absolute atomic E-state index is 12.6. The molecule has 2 aromatic rings. The van der Waals surface area contributed by atoms with Crippen molar-refractivity contribution in [3.05, 3.63) is 63.6 Å². The second-order valence-corrected chi connectivity index (χ2v) is 8.52. The predicted octanol–water partition coefficient (Wildman–Crippen LogP) is 2.87. The summed E-state index contributed by atoms with van der Waals surface area (Å²) < 4.78 is 23.6. The van der Waals surface area contributed by atoms with E-state index >= 15 is 0 Å². The molecule has 0 fully saturated rings. The van der Waals surface area contributed by atoms with Gasteiger partial charge in [-0.2, -0.15) is 0 Å². The number of rotatable bonds is 8. The lowest BCUT2D eigenvalue weighted by molar-refractivity contribution is 0.0949. The Balaban J connectivity index is 2.17. The van der Waals surface area contributed by atoms with Gasteiger partial charge in [0.05, 0.1) is 10.5 Å². The smallest absolute Gasteiger partial charge is 0.252 e. The number of nitrogens with one attached hydrogen (secondary N) is 1. The summed E-state index contributed by atoms with van der Waals surface area (Å²) >= 11 is 3.29. The van der Waals surface area contributed by atoms with Gasteiger partial charge in [-0.1, -0.05) is 38.1 Å². The highest BCUT2D eigenvalue weighted by Gasteiger charge is 2.16. The third-order valence-electron chi connectivity index (χ3n) is 4.36. The van der Waals surface area contributed by atoms with Crippen molar-refractivity contribution in [2.24, 2.45) is 5.14 Å². The van der Waals surface area contributed by atoms with Crippen molar-refractivity contribution in [3.63, 3.8) is 0 Å². The van der Waals surface area contributed by atoms with Crippen LogP contribution in [-0.4, -0.2) is 32.3 Å². The zero-order valence-electron chi connectivity index (χ0n) is 15.4. The van der Waals surface area contributed by atoms with E-state index in [2.05, 4.69) is 46.1 Å². The van der Waals surface area contributed by atoms with Crippen molar-refractivity contribution in [1.82, 2.24) is 10.2 Å². The highest BCUT2D eigenvalue weighted by Crippen LogP contribution is 2.21. The number of amides is 1. The second kappa shape index (κ2) is 9.45. The van der Waals surface area contributed by atoms with Gasteiger partial charge < -0.3 is 5.32 Å². The number of carbonyl (C=O) groups is 1. The molecular formula is C19H24BrN3O3S. The Hall–Kier alpha value is -1.74. The molecule has 0 spiro atoms. The van der Waals surface area contributed by atoms with Gasteiger partial charge in [0.1, 0.15) is 0 Å². The van der Waals surface area contributed by atoms with Crippen LogP contribution in [0.25, 0.3) is 0 Å². The Morgan fingerprint density at radius 1 is 1.11 bits per heavy atom. The molecule has 0 saturated heterocycles. The lowest BCUT2D eigenvalue weighted by Crippen LogP contribution is -2.26. The number of sulfonamides is 1. The maximum Gasteiger partial charge on any atom is 0.252 e. The molecule has 0 aliphatic rings. The van der Waals surface area contributed by atoms with Crippen molar-refractivity contribution in [2.45, 2.75) is 31.8 Å². The molecule has 27 heavy (non-hydrogen) atoms. The van der Waals surface area contributed by atoms with E-state index < -0.39 is 10.0 Å². The van der Waals surface area contributed by atoms with Gasteiger partial charge in [-0.3, -0.25) is 9.69 Å². The molecule has 0 unspecified atom stereocenters. The average Bonchev–Trinajstić information content (AvgIpc) is 2.64. The van der Waals surface area contributed by atoms with E-state index in [-0.39, 0.29) is 16.4 Å². The topological polar surface area (TPSA) is 92.5 Å². The summed E-state index contributed by atoms with van der Waals surface area (Å²) in [6, 6.07) is 12.1. The average molecular weight is 454 g/mol. The van der Waals surface area contributed by atoms with Crippen LogP contribution in [-0.2, 0) is 23.1 Å². The van der Waals surface area contributed by atoms with Gasteiger partial charge in [0, 0.05) is 17.6 Å². The molecule has 2 rings (SSSR count). The maximum atomic E-state index is 12.6. The SMILES string of the molecule is CCN(CC)Cc1ccccc1CNC(=O)c1cc(S(N)(=O)=O)ccc1Br.